The average Bonchev–Trinajstić information content (AvgIpc) is 2.87. The van der Waals surface area contributed by atoms with Crippen molar-refractivity contribution in [3.05, 3.63) is 10.0 Å². The van der Waals surface area contributed by atoms with E-state index in [-0.39, 0.29) is 0 Å². The predicted octanol–water partition coefficient (Wildman–Crippen LogP) is 1.43. The Kier molecular flexibility index (Phi) is 6.70. The van der Waals surface area contributed by atoms with E-state index in [1.165, 1.54) is 12.8 Å². The van der Waals surface area contributed by atoms with Gasteiger partial charge in [-0.1, -0.05) is 0 Å². The number of hydrogen-bond acceptors (Lipinski definition) is 6. The third-order valence-corrected chi connectivity index (χ3v) is 4.19. The first-order valence-corrected chi connectivity index (χ1v) is 7.82. The van der Waals surface area contributed by atoms with Crippen LogP contribution in [0.15, 0.2) is 0 Å². The molecule has 1 aliphatic rings. The van der Waals surface area contributed by atoms with Gasteiger partial charge in [0.15, 0.2) is 0 Å². The van der Waals surface area contributed by atoms with Crippen molar-refractivity contribution in [2.45, 2.75) is 38.2 Å². The molecule has 1 atom stereocenters. The molecular weight excluding hydrogens is 262 g/mol. The van der Waals surface area contributed by atoms with Crippen LogP contribution in [0.3, 0.4) is 0 Å². The quantitative estimate of drug-likeness (QED) is 0.732. The standard InChI is InChI=1S/C13H23N3O2S/c1-17-9-7-14-6-5-12-15-16-13(19-12)10-11-4-2-3-8-18-11/h11,14H,2-10H2,1H3. The number of aromatic nitrogens is 2. The highest BCUT2D eigenvalue weighted by molar-refractivity contribution is 7.11. The summed E-state index contributed by atoms with van der Waals surface area (Å²) in [5.41, 5.74) is 0. The van der Waals surface area contributed by atoms with E-state index in [0.29, 0.717) is 6.10 Å². The van der Waals surface area contributed by atoms with Crippen LogP contribution in [0, 0.1) is 0 Å². The summed E-state index contributed by atoms with van der Waals surface area (Å²) < 4.78 is 10.7. The Morgan fingerprint density at radius 3 is 3.00 bits per heavy atom. The monoisotopic (exact) mass is 285 g/mol. The van der Waals surface area contributed by atoms with E-state index in [4.69, 9.17) is 9.47 Å². The van der Waals surface area contributed by atoms with E-state index >= 15 is 0 Å². The third kappa shape index (κ3) is 5.52. The van der Waals surface area contributed by atoms with Gasteiger partial charge in [-0.05, 0) is 19.3 Å². The fourth-order valence-electron chi connectivity index (χ4n) is 2.13. The first-order chi connectivity index (χ1) is 9.38. The third-order valence-electron chi connectivity index (χ3n) is 3.18. The molecule has 1 aliphatic heterocycles. The summed E-state index contributed by atoms with van der Waals surface area (Å²) in [4.78, 5) is 0. The summed E-state index contributed by atoms with van der Waals surface area (Å²) in [7, 11) is 1.71. The number of rotatable bonds is 8. The Morgan fingerprint density at radius 1 is 1.32 bits per heavy atom. The Hall–Kier alpha value is -0.560. The molecule has 1 N–H and O–H groups in total. The van der Waals surface area contributed by atoms with Crippen LogP contribution in [0.25, 0.3) is 0 Å². The molecule has 0 aromatic carbocycles. The second kappa shape index (κ2) is 8.58. The smallest absolute Gasteiger partial charge is 0.120 e. The molecule has 2 rings (SSSR count). The molecule has 0 aliphatic carbocycles. The first kappa shape index (κ1) is 14.8. The van der Waals surface area contributed by atoms with Crippen LogP contribution >= 0.6 is 11.3 Å². The second-order valence-corrected chi connectivity index (χ2v) is 5.92. The van der Waals surface area contributed by atoms with Crippen molar-refractivity contribution >= 4 is 11.3 Å². The van der Waals surface area contributed by atoms with E-state index in [2.05, 4.69) is 15.5 Å². The SMILES string of the molecule is COCCNCCc1nnc(CC2CCCCO2)s1. The van der Waals surface area contributed by atoms with Gasteiger partial charge in [0, 0.05) is 39.6 Å². The minimum absolute atomic E-state index is 0.356. The van der Waals surface area contributed by atoms with Crippen molar-refractivity contribution in [3.8, 4) is 0 Å². The largest absolute Gasteiger partial charge is 0.383 e. The lowest BCUT2D eigenvalue weighted by Crippen LogP contribution is -2.21. The van der Waals surface area contributed by atoms with Crippen molar-refractivity contribution in [1.29, 1.82) is 0 Å². The molecule has 1 unspecified atom stereocenters. The van der Waals surface area contributed by atoms with Gasteiger partial charge in [0.1, 0.15) is 10.0 Å². The van der Waals surface area contributed by atoms with E-state index in [0.717, 1.165) is 55.6 Å². The molecule has 1 saturated heterocycles. The summed E-state index contributed by atoms with van der Waals surface area (Å²) >= 11 is 1.72. The summed E-state index contributed by atoms with van der Waals surface area (Å²) in [5.74, 6) is 0. The molecule has 0 saturated carbocycles. The molecule has 2 heterocycles. The van der Waals surface area contributed by atoms with Gasteiger partial charge in [0.05, 0.1) is 12.7 Å². The molecule has 5 nitrogen and oxygen atoms in total. The summed E-state index contributed by atoms with van der Waals surface area (Å²) in [6.45, 7) is 3.47. The minimum atomic E-state index is 0.356. The maximum absolute atomic E-state index is 5.73. The first-order valence-electron chi connectivity index (χ1n) is 7.01. The second-order valence-electron chi connectivity index (χ2n) is 4.78. The maximum Gasteiger partial charge on any atom is 0.120 e. The fraction of sp³-hybridized carbons (Fsp3) is 0.846. The van der Waals surface area contributed by atoms with Crippen LogP contribution in [0.2, 0.25) is 0 Å². The molecule has 1 aromatic rings. The highest BCUT2D eigenvalue weighted by Crippen LogP contribution is 2.19. The fourth-order valence-corrected chi connectivity index (χ4v) is 3.04. The normalized spacial score (nSPS) is 19.7. The van der Waals surface area contributed by atoms with Crippen molar-refractivity contribution in [2.24, 2.45) is 0 Å². The highest BCUT2D eigenvalue weighted by Gasteiger charge is 2.16. The zero-order valence-corrected chi connectivity index (χ0v) is 12.4. The van der Waals surface area contributed by atoms with Gasteiger partial charge in [-0.3, -0.25) is 0 Å². The molecule has 19 heavy (non-hydrogen) atoms. The van der Waals surface area contributed by atoms with Gasteiger partial charge >= 0.3 is 0 Å². The van der Waals surface area contributed by atoms with Crippen molar-refractivity contribution in [3.63, 3.8) is 0 Å². The molecule has 0 bridgehead atoms. The molecule has 6 heteroatoms. The van der Waals surface area contributed by atoms with Crippen molar-refractivity contribution in [2.75, 3.05) is 33.4 Å². The average molecular weight is 285 g/mol. The Labute approximate surface area is 118 Å². The van der Waals surface area contributed by atoms with Crippen LogP contribution in [-0.4, -0.2) is 49.7 Å². The number of hydrogen-bond donors (Lipinski definition) is 1. The maximum atomic E-state index is 5.73. The van der Waals surface area contributed by atoms with E-state index < -0.39 is 0 Å². The van der Waals surface area contributed by atoms with Gasteiger partial charge < -0.3 is 14.8 Å². The Balaban J connectivity index is 1.66. The Morgan fingerprint density at radius 2 is 2.21 bits per heavy atom. The molecule has 108 valence electrons. The molecule has 0 spiro atoms. The molecule has 0 radical (unpaired) electrons. The molecule has 0 amide bonds. The van der Waals surface area contributed by atoms with Gasteiger partial charge in [-0.25, -0.2) is 0 Å². The minimum Gasteiger partial charge on any atom is -0.383 e. The van der Waals surface area contributed by atoms with Crippen molar-refractivity contribution < 1.29 is 9.47 Å². The van der Waals surface area contributed by atoms with Gasteiger partial charge in [-0.15, -0.1) is 21.5 Å². The Bertz CT molecular complexity index is 353. The number of ether oxygens (including phenoxy) is 2. The number of nitrogens with zero attached hydrogens (tertiary/aromatic N) is 2. The zero-order valence-electron chi connectivity index (χ0n) is 11.6. The van der Waals surface area contributed by atoms with Crippen LogP contribution in [0.1, 0.15) is 29.3 Å². The van der Waals surface area contributed by atoms with Crippen molar-refractivity contribution in [1.82, 2.24) is 15.5 Å². The number of methoxy groups -OCH3 is 1. The van der Waals surface area contributed by atoms with Crippen LogP contribution in [-0.2, 0) is 22.3 Å². The highest BCUT2D eigenvalue weighted by atomic mass is 32.1. The lowest BCUT2D eigenvalue weighted by Gasteiger charge is -2.21. The zero-order chi connectivity index (χ0) is 13.3. The van der Waals surface area contributed by atoms with Crippen LogP contribution in [0.5, 0.6) is 0 Å². The van der Waals surface area contributed by atoms with Crippen LogP contribution < -0.4 is 5.32 Å². The topological polar surface area (TPSA) is 56.3 Å². The van der Waals surface area contributed by atoms with Gasteiger partial charge in [0.2, 0.25) is 0 Å². The summed E-state index contributed by atoms with van der Waals surface area (Å²) in [6.07, 6.45) is 5.86. The lowest BCUT2D eigenvalue weighted by atomic mass is 10.1. The number of nitrogens with one attached hydrogen (secondary N) is 1. The summed E-state index contributed by atoms with van der Waals surface area (Å²) in [5, 5.41) is 14.0. The van der Waals surface area contributed by atoms with E-state index in [9.17, 15) is 0 Å². The molecule has 1 aromatic heterocycles. The van der Waals surface area contributed by atoms with Crippen LogP contribution in [0.4, 0.5) is 0 Å². The van der Waals surface area contributed by atoms with E-state index in [1.807, 2.05) is 0 Å². The predicted molar refractivity (Wildman–Crippen MR) is 75.7 cm³/mol. The molecular formula is C13H23N3O2S. The lowest BCUT2D eigenvalue weighted by molar-refractivity contribution is 0.0167. The van der Waals surface area contributed by atoms with E-state index in [1.54, 1.807) is 18.4 Å². The van der Waals surface area contributed by atoms with Gasteiger partial charge in [0.25, 0.3) is 0 Å². The summed E-state index contributed by atoms with van der Waals surface area (Å²) in [6, 6.07) is 0. The van der Waals surface area contributed by atoms with Gasteiger partial charge in [-0.2, -0.15) is 0 Å². The molecule has 1 fully saturated rings.